The van der Waals surface area contributed by atoms with Gasteiger partial charge in [-0.3, -0.25) is 9.69 Å². The SMILES string of the molecule is CCn1ccnc1CN1CCC(C(=O)O)(C(F)(F)F)C1. The number of carbonyl (C=O) groups is 1. The second-order valence-electron chi connectivity index (χ2n) is 4.98. The summed E-state index contributed by atoms with van der Waals surface area (Å²) in [5.41, 5.74) is -2.66. The Kier molecular flexibility index (Phi) is 3.77. The lowest BCUT2D eigenvalue weighted by Gasteiger charge is -2.27. The van der Waals surface area contributed by atoms with Gasteiger partial charge in [-0.2, -0.15) is 13.2 Å². The van der Waals surface area contributed by atoms with Gasteiger partial charge < -0.3 is 9.67 Å². The van der Waals surface area contributed by atoms with Crippen LogP contribution in [0.25, 0.3) is 0 Å². The summed E-state index contributed by atoms with van der Waals surface area (Å²) in [6, 6.07) is 0. The van der Waals surface area contributed by atoms with E-state index >= 15 is 0 Å². The second kappa shape index (κ2) is 5.08. The number of likely N-dealkylation sites (tertiary alicyclic amines) is 1. The van der Waals surface area contributed by atoms with Crippen molar-refractivity contribution >= 4 is 5.97 Å². The Hall–Kier alpha value is -1.57. The first-order chi connectivity index (χ1) is 9.30. The monoisotopic (exact) mass is 291 g/mol. The highest BCUT2D eigenvalue weighted by Crippen LogP contribution is 2.45. The van der Waals surface area contributed by atoms with Gasteiger partial charge in [0.2, 0.25) is 0 Å². The molecule has 0 radical (unpaired) electrons. The standard InChI is InChI=1S/C12H16F3N3O2/c1-2-18-6-4-16-9(18)7-17-5-3-11(8-17,10(19)20)12(13,14)15/h4,6H,2-3,5,7-8H2,1H3,(H,19,20). The van der Waals surface area contributed by atoms with E-state index in [-0.39, 0.29) is 13.1 Å². The van der Waals surface area contributed by atoms with Gasteiger partial charge in [0.1, 0.15) is 5.82 Å². The van der Waals surface area contributed by atoms with E-state index in [1.54, 1.807) is 12.4 Å². The molecule has 1 unspecified atom stereocenters. The van der Waals surface area contributed by atoms with Gasteiger partial charge in [0, 0.05) is 32.0 Å². The summed E-state index contributed by atoms with van der Waals surface area (Å²) in [5, 5.41) is 8.98. The molecule has 8 heteroatoms. The fraction of sp³-hybridized carbons (Fsp3) is 0.667. The van der Waals surface area contributed by atoms with Crippen molar-refractivity contribution in [3.8, 4) is 0 Å². The van der Waals surface area contributed by atoms with E-state index < -0.39 is 30.5 Å². The first kappa shape index (κ1) is 14.8. The molecule has 0 aromatic carbocycles. The molecule has 1 aliphatic heterocycles. The molecule has 1 N–H and O–H groups in total. The number of carboxylic acid groups (broad SMARTS) is 1. The summed E-state index contributed by atoms with van der Waals surface area (Å²) in [7, 11) is 0. The van der Waals surface area contributed by atoms with Crippen molar-refractivity contribution in [2.75, 3.05) is 13.1 Å². The van der Waals surface area contributed by atoms with Crippen molar-refractivity contribution in [2.45, 2.75) is 32.6 Å². The maximum Gasteiger partial charge on any atom is 0.406 e. The highest BCUT2D eigenvalue weighted by molar-refractivity contribution is 5.76. The van der Waals surface area contributed by atoms with Crippen molar-refractivity contribution in [2.24, 2.45) is 5.41 Å². The number of aliphatic carboxylic acids is 1. The summed E-state index contributed by atoms with van der Waals surface area (Å²) < 4.78 is 40.9. The summed E-state index contributed by atoms with van der Waals surface area (Å²) in [6.07, 6.45) is -1.82. The van der Waals surface area contributed by atoms with Crippen molar-refractivity contribution in [1.82, 2.24) is 14.5 Å². The molecule has 1 fully saturated rings. The molecule has 2 heterocycles. The number of alkyl halides is 3. The van der Waals surface area contributed by atoms with Crippen LogP contribution >= 0.6 is 0 Å². The summed E-state index contributed by atoms with van der Waals surface area (Å²) in [6.45, 7) is 2.38. The number of rotatable bonds is 4. The second-order valence-corrected chi connectivity index (χ2v) is 4.98. The molecule has 1 atom stereocenters. The van der Waals surface area contributed by atoms with Crippen LogP contribution in [0.4, 0.5) is 13.2 Å². The van der Waals surface area contributed by atoms with Crippen LogP contribution in [0.3, 0.4) is 0 Å². The smallest absolute Gasteiger partial charge is 0.406 e. The molecule has 1 saturated heterocycles. The zero-order valence-corrected chi connectivity index (χ0v) is 11.0. The Balaban J connectivity index is 2.14. The number of halogens is 3. The van der Waals surface area contributed by atoms with Crippen molar-refractivity contribution in [1.29, 1.82) is 0 Å². The van der Waals surface area contributed by atoms with E-state index in [4.69, 9.17) is 5.11 Å². The third-order valence-corrected chi connectivity index (χ3v) is 3.81. The summed E-state index contributed by atoms with van der Waals surface area (Å²) in [5.74, 6) is -1.15. The number of aryl methyl sites for hydroxylation is 1. The average Bonchev–Trinajstić information content (AvgIpc) is 2.95. The van der Waals surface area contributed by atoms with Gasteiger partial charge >= 0.3 is 12.1 Å². The number of aromatic nitrogens is 2. The number of hydrogen-bond donors (Lipinski definition) is 1. The molecule has 0 spiro atoms. The van der Waals surface area contributed by atoms with Gasteiger partial charge in [0.15, 0.2) is 5.41 Å². The van der Waals surface area contributed by atoms with E-state index in [9.17, 15) is 18.0 Å². The predicted molar refractivity (Wildman–Crippen MR) is 63.9 cm³/mol. The molecule has 112 valence electrons. The Morgan fingerprint density at radius 2 is 2.25 bits per heavy atom. The zero-order valence-electron chi connectivity index (χ0n) is 11.0. The maximum atomic E-state index is 13.0. The quantitative estimate of drug-likeness (QED) is 0.918. The molecule has 5 nitrogen and oxygen atoms in total. The fourth-order valence-electron chi connectivity index (χ4n) is 2.53. The van der Waals surface area contributed by atoms with Crippen LogP contribution in [-0.4, -0.2) is 44.8 Å². The van der Waals surface area contributed by atoms with Crippen LogP contribution in [0.1, 0.15) is 19.2 Å². The molecule has 0 saturated carbocycles. The Morgan fingerprint density at radius 3 is 2.75 bits per heavy atom. The van der Waals surface area contributed by atoms with Gasteiger partial charge in [-0.25, -0.2) is 4.98 Å². The maximum absolute atomic E-state index is 13.0. The molecule has 0 aliphatic carbocycles. The molecule has 2 rings (SSSR count). The Labute approximate surface area is 114 Å². The third-order valence-electron chi connectivity index (χ3n) is 3.81. The van der Waals surface area contributed by atoms with Crippen LogP contribution in [0.5, 0.6) is 0 Å². The molecule has 1 aromatic heterocycles. The molecular weight excluding hydrogens is 275 g/mol. The molecule has 20 heavy (non-hydrogen) atoms. The minimum Gasteiger partial charge on any atom is -0.481 e. The van der Waals surface area contributed by atoms with Crippen LogP contribution < -0.4 is 0 Å². The molecule has 1 aliphatic rings. The normalized spacial score (nSPS) is 24.2. The Morgan fingerprint density at radius 1 is 1.55 bits per heavy atom. The number of hydrogen-bond acceptors (Lipinski definition) is 3. The van der Waals surface area contributed by atoms with Crippen LogP contribution in [0.2, 0.25) is 0 Å². The van der Waals surface area contributed by atoms with Crippen molar-refractivity contribution in [3.63, 3.8) is 0 Å². The van der Waals surface area contributed by atoms with Gasteiger partial charge in [0.05, 0.1) is 6.54 Å². The number of imidazole rings is 1. The first-order valence-corrected chi connectivity index (χ1v) is 6.32. The van der Waals surface area contributed by atoms with E-state index in [2.05, 4.69) is 4.98 Å². The lowest BCUT2D eigenvalue weighted by atomic mass is 9.86. The van der Waals surface area contributed by atoms with Gasteiger partial charge in [0.25, 0.3) is 0 Å². The zero-order chi connectivity index (χ0) is 15.0. The summed E-state index contributed by atoms with van der Waals surface area (Å²) >= 11 is 0. The largest absolute Gasteiger partial charge is 0.481 e. The lowest BCUT2D eigenvalue weighted by molar-refractivity contribution is -0.227. The van der Waals surface area contributed by atoms with Gasteiger partial charge in [-0.1, -0.05) is 0 Å². The van der Waals surface area contributed by atoms with Crippen molar-refractivity contribution in [3.05, 3.63) is 18.2 Å². The Bertz CT molecular complexity index is 500. The summed E-state index contributed by atoms with van der Waals surface area (Å²) in [4.78, 5) is 16.7. The molecule has 0 bridgehead atoms. The average molecular weight is 291 g/mol. The van der Waals surface area contributed by atoms with Crippen LogP contribution in [0.15, 0.2) is 12.4 Å². The number of nitrogens with zero attached hydrogens (tertiary/aromatic N) is 3. The van der Waals surface area contributed by atoms with E-state index in [0.717, 1.165) is 0 Å². The van der Waals surface area contributed by atoms with Crippen LogP contribution in [0, 0.1) is 5.41 Å². The van der Waals surface area contributed by atoms with E-state index in [0.29, 0.717) is 12.4 Å². The van der Waals surface area contributed by atoms with Gasteiger partial charge in [-0.05, 0) is 13.3 Å². The lowest BCUT2D eigenvalue weighted by Crippen LogP contribution is -2.47. The van der Waals surface area contributed by atoms with Gasteiger partial charge in [-0.15, -0.1) is 0 Å². The topological polar surface area (TPSA) is 58.4 Å². The van der Waals surface area contributed by atoms with Crippen molar-refractivity contribution < 1.29 is 23.1 Å². The molecule has 0 amide bonds. The molecule has 1 aromatic rings. The van der Waals surface area contributed by atoms with E-state index in [1.807, 2.05) is 11.5 Å². The number of carboxylic acids is 1. The fourth-order valence-corrected chi connectivity index (χ4v) is 2.53. The minimum absolute atomic E-state index is 0.0996. The highest BCUT2D eigenvalue weighted by atomic mass is 19.4. The third kappa shape index (κ3) is 2.39. The minimum atomic E-state index is -4.74. The van der Waals surface area contributed by atoms with E-state index in [1.165, 1.54) is 4.90 Å². The molecular formula is C12H16F3N3O2. The first-order valence-electron chi connectivity index (χ1n) is 6.32. The van der Waals surface area contributed by atoms with Crippen LogP contribution in [-0.2, 0) is 17.9 Å². The highest BCUT2D eigenvalue weighted by Gasteiger charge is 2.63. The predicted octanol–water partition coefficient (Wildman–Crippen LogP) is 1.74.